The summed E-state index contributed by atoms with van der Waals surface area (Å²) in [5.41, 5.74) is 0.136. The fourth-order valence-corrected chi connectivity index (χ4v) is 2.77. The predicted molar refractivity (Wildman–Crippen MR) is 83.1 cm³/mol. The van der Waals surface area contributed by atoms with Gasteiger partial charge in [0, 0.05) is 11.9 Å². The van der Waals surface area contributed by atoms with Crippen molar-refractivity contribution in [1.29, 1.82) is 0 Å². The number of aromatic nitrogens is 1. The molecule has 1 aromatic carbocycles. The number of fused-ring (bicyclic) bond motifs is 1. The summed E-state index contributed by atoms with van der Waals surface area (Å²) in [5.74, 6) is -2.32. The van der Waals surface area contributed by atoms with Crippen molar-refractivity contribution in [2.75, 3.05) is 20.2 Å². The number of hydrogen-bond acceptors (Lipinski definition) is 4. The summed E-state index contributed by atoms with van der Waals surface area (Å²) in [5, 5.41) is 2.88. The number of nitrogens with one attached hydrogen (secondary N) is 2. The Labute approximate surface area is 140 Å². The minimum absolute atomic E-state index is 0.0440. The van der Waals surface area contributed by atoms with Crippen LogP contribution in [-0.2, 0) is 14.3 Å². The van der Waals surface area contributed by atoms with Crippen molar-refractivity contribution in [3.8, 4) is 0 Å². The normalized spacial score (nSPS) is 17.7. The zero-order valence-corrected chi connectivity index (χ0v) is 13.3. The Kier molecular flexibility index (Phi) is 4.15. The molecular formula is C15H13ClFN3O4. The van der Waals surface area contributed by atoms with Crippen molar-refractivity contribution in [2.24, 2.45) is 0 Å². The largest absolute Gasteiger partial charge is 0.467 e. The molecule has 1 atom stereocenters. The quantitative estimate of drug-likeness (QED) is 0.790. The van der Waals surface area contributed by atoms with E-state index in [1.54, 1.807) is 6.07 Å². The lowest BCUT2D eigenvalue weighted by Gasteiger charge is -2.33. The van der Waals surface area contributed by atoms with Crippen molar-refractivity contribution < 1.29 is 23.5 Å². The Hall–Kier alpha value is -2.61. The van der Waals surface area contributed by atoms with Crippen molar-refractivity contribution in [1.82, 2.24) is 15.2 Å². The molecule has 126 valence electrons. The molecule has 2 amide bonds. The van der Waals surface area contributed by atoms with Gasteiger partial charge in [-0.3, -0.25) is 9.59 Å². The predicted octanol–water partition coefficient (Wildman–Crippen LogP) is 1.07. The van der Waals surface area contributed by atoms with E-state index < -0.39 is 29.6 Å². The topological polar surface area (TPSA) is 91.5 Å². The molecule has 1 saturated heterocycles. The van der Waals surface area contributed by atoms with Gasteiger partial charge < -0.3 is 19.9 Å². The molecule has 7 nitrogen and oxygen atoms in total. The SMILES string of the molecule is COC(=O)C1CNC(=O)CN1C(=O)c1cc2ccc(Cl)c(F)c2[nH]1. The van der Waals surface area contributed by atoms with E-state index in [2.05, 4.69) is 15.0 Å². The molecule has 1 aliphatic heterocycles. The maximum atomic E-state index is 14.0. The summed E-state index contributed by atoms with van der Waals surface area (Å²) >= 11 is 5.72. The lowest BCUT2D eigenvalue weighted by Crippen LogP contribution is -2.59. The molecule has 0 saturated carbocycles. The number of carbonyl (C=O) groups excluding carboxylic acids is 3. The molecule has 0 spiro atoms. The second kappa shape index (κ2) is 6.12. The van der Waals surface area contributed by atoms with Crippen molar-refractivity contribution in [2.45, 2.75) is 6.04 Å². The number of halogens is 2. The monoisotopic (exact) mass is 353 g/mol. The van der Waals surface area contributed by atoms with Crippen LogP contribution in [0.15, 0.2) is 18.2 Å². The van der Waals surface area contributed by atoms with Gasteiger partial charge in [-0.2, -0.15) is 0 Å². The average molecular weight is 354 g/mol. The molecule has 1 aliphatic rings. The van der Waals surface area contributed by atoms with Crippen LogP contribution in [0.3, 0.4) is 0 Å². The number of nitrogens with zero attached hydrogens (tertiary/aromatic N) is 1. The summed E-state index contributed by atoms with van der Waals surface area (Å²) in [4.78, 5) is 39.9. The first-order chi connectivity index (χ1) is 11.4. The minimum atomic E-state index is -0.944. The molecule has 2 aromatic rings. The first-order valence-corrected chi connectivity index (χ1v) is 7.42. The number of hydrogen-bond donors (Lipinski definition) is 2. The first-order valence-electron chi connectivity index (χ1n) is 7.04. The number of H-pyrrole nitrogens is 1. The van der Waals surface area contributed by atoms with Crippen molar-refractivity contribution >= 4 is 40.3 Å². The Morgan fingerprint density at radius 3 is 2.88 bits per heavy atom. The van der Waals surface area contributed by atoms with Crippen LogP contribution < -0.4 is 5.32 Å². The molecule has 2 N–H and O–H groups in total. The number of aromatic amines is 1. The third-order valence-corrected chi connectivity index (χ3v) is 4.13. The molecule has 9 heteroatoms. The van der Waals surface area contributed by atoms with E-state index in [0.29, 0.717) is 5.39 Å². The summed E-state index contributed by atoms with van der Waals surface area (Å²) in [6.07, 6.45) is 0. The number of amides is 2. The summed E-state index contributed by atoms with van der Waals surface area (Å²) in [6, 6.07) is 3.44. The minimum Gasteiger partial charge on any atom is -0.467 e. The van der Waals surface area contributed by atoms with Gasteiger partial charge in [-0.15, -0.1) is 0 Å². The first kappa shape index (κ1) is 16.3. The van der Waals surface area contributed by atoms with Crippen LogP contribution in [0.1, 0.15) is 10.5 Å². The summed E-state index contributed by atoms with van der Waals surface area (Å²) in [7, 11) is 1.20. The standard InChI is InChI=1S/C15H13ClFN3O4/c1-24-15(23)10-5-18-11(21)6-20(10)14(22)9-4-7-2-3-8(16)12(17)13(7)19-9/h2-4,10,19H,5-6H2,1H3,(H,18,21). The van der Waals surface area contributed by atoms with Gasteiger partial charge in [-0.25, -0.2) is 9.18 Å². The molecule has 24 heavy (non-hydrogen) atoms. The van der Waals surface area contributed by atoms with Gasteiger partial charge >= 0.3 is 5.97 Å². The average Bonchev–Trinajstić information content (AvgIpc) is 3.01. The van der Waals surface area contributed by atoms with Gasteiger partial charge in [0.05, 0.1) is 17.6 Å². The van der Waals surface area contributed by atoms with Crippen LogP contribution in [0.4, 0.5) is 4.39 Å². The molecule has 3 rings (SSSR count). The third kappa shape index (κ3) is 2.69. The van der Waals surface area contributed by atoms with E-state index in [-0.39, 0.29) is 29.3 Å². The van der Waals surface area contributed by atoms with Crippen molar-refractivity contribution in [3.05, 3.63) is 34.7 Å². The number of esters is 1. The number of benzene rings is 1. The number of ether oxygens (including phenoxy) is 1. The molecular weight excluding hydrogens is 341 g/mol. The van der Waals surface area contributed by atoms with Gasteiger partial charge in [0.1, 0.15) is 18.3 Å². The van der Waals surface area contributed by atoms with Crippen molar-refractivity contribution in [3.63, 3.8) is 0 Å². The van der Waals surface area contributed by atoms with E-state index in [4.69, 9.17) is 11.6 Å². The van der Waals surface area contributed by atoms with Crippen LogP contribution in [0, 0.1) is 5.82 Å². The maximum Gasteiger partial charge on any atom is 0.330 e. The zero-order valence-electron chi connectivity index (χ0n) is 12.6. The Morgan fingerprint density at radius 1 is 1.42 bits per heavy atom. The van der Waals surface area contributed by atoms with Gasteiger partial charge in [0.2, 0.25) is 5.91 Å². The maximum absolute atomic E-state index is 14.0. The highest BCUT2D eigenvalue weighted by atomic mass is 35.5. The van der Waals surface area contributed by atoms with Gasteiger partial charge in [0.25, 0.3) is 5.91 Å². The number of rotatable bonds is 2. The van der Waals surface area contributed by atoms with Gasteiger partial charge in [0.15, 0.2) is 5.82 Å². The highest BCUT2D eigenvalue weighted by Crippen LogP contribution is 2.25. The lowest BCUT2D eigenvalue weighted by molar-refractivity contribution is -0.147. The summed E-state index contributed by atoms with van der Waals surface area (Å²) < 4.78 is 18.7. The van der Waals surface area contributed by atoms with E-state index in [1.807, 2.05) is 0 Å². The fourth-order valence-electron chi connectivity index (χ4n) is 2.61. The molecule has 1 fully saturated rings. The van der Waals surface area contributed by atoms with Crippen LogP contribution >= 0.6 is 11.6 Å². The Morgan fingerprint density at radius 2 is 2.17 bits per heavy atom. The van der Waals surface area contributed by atoms with Crippen LogP contribution in [0.5, 0.6) is 0 Å². The molecule has 0 aliphatic carbocycles. The second-order valence-corrected chi connectivity index (χ2v) is 5.69. The Bertz CT molecular complexity index is 851. The highest BCUT2D eigenvalue weighted by Gasteiger charge is 2.37. The van der Waals surface area contributed by atoms with E-state index in [9.17, 15) is 18.8 Å². The van der Waals surface area contributed by atoms with Gasteiger partial charge in [-0.05, 0) is 12.1 Å². The van der Waals surface area contributed by atoms with Crippen LogP contribution in [-0.4, -0.2) is 53.9 Å². The fraction of sp³-hybridized carbons (Fsp3) is 0.267. The van der Waals surface area contributed by atoms with Gasteiger partial charge in [-0.1, -0.05) is 17.7 Å². The number of methoxy groups -OCH3 is 1. The molecule has 1 aromatic heterocycles. The van der Waals surface area contributed by atoms with Crippen LogP contribution in [0.2, 0.25) is 5.02 Å². The van der Waals surface area contributed by atoms with E-state index in [0.717, 1.165) is 4.90 Å². The smallest absolute Gasteiger partial charge is 0.330 e. The zero-order chi connectivity index (χ0) is 17.4. The van der Waals surface area contributed by atoms with E-state index >= 15 is 0 Å². The highest BCUT2D eigenvalue weighted by molar-refractivity contribution is 6.31. The third-order valence-electron chi connectivity index (χ3n) is 3.83. The van der Waals surface area contributed by atoms with E-state index in [1.165, 1.54) is 19.2 Å². The molecule has 0 radical (unpaired) electrons. The second-order valence-electron chi connectivity index (χ2n) is 5.28. The molecule has 0 bridgehead atoms. The molecule has 2 heterocycles. The Balaban J connectivity index is 1.98. The molecule has 1 unspecified atom stereocenters. The number of carbonyl (C=O) groups is 3. The van der Waals surface area contributed by atoms with Crippen LogP contribution in [0.25, 0.3) is 10.9 Å². The number of piperazine rings is 1. The lowest BCUT2D eigenvalue weighted by atomic mass is 10.1. The summed E-state index contributed by atoms with van der Waals surface area (Å²) in [6.45, 7) is -0.338.